The molecule has 0 saturated heterocycles. The Morgan fingerprint density at radius 1 is 1.29 bits per heavy atom. The van der Waals surface area contributed by atoms with E-state index in [0.717, 1.165) is 11.3 Å². The van der Waals surface area contributed by atoms with Gasteiger partial charge in [0.05, 0.1) is 23.7 Å². The number of carbonyl (C=O) groups excluding carboxylic acids is 1. The van der Waals surface area contributed by atoms with Crippen molar-refractivity contribution in [2.75, 3.05) is 13.2 Å². The number of nitrogens with zero attached hydrogens (tertiary/aromatic N) is 2. The van der Waals surface area contributed by atoms with E-state index in [9.17, 15) is 9.18 Å². The molecular formula is C18H16FN3O2. The van der Waals surface area contributed by atoms with Gasteiger partial charge in [-0.15, -0.1) is 0 Å². The van der Waals surface area contributed by atoms with Gasteiger partial charge >= 0.3 is 0 Å². The summed E-state index contributed by atoms with van der Waals surface area (Å²) in [6.45, 7) is 1.29. The molecule has 0 radical (unpaired) electrons. The number of carbonyl (C=O) groups is 1. The lowest BCUT2D eigenvalue weighted by atomic mass is 10.2. The lowest BCUT2D eigenvalue weighted by molar-refractivity contribution is 0.0553. The number of ether oxygens (including phenoxy) is 1. The van der Waals surface area contributed by atoms with Crippen molar-refractivity contribution in [3.63, 3.8) is 0 Å². The number of halogens is 1. The van der Waals surface area contributed by atoms with Gasteiger partial charge < -0.3 is 14.6 Å². The van der Waals surface area contributed by atoms with Gasteiger partial charge in [-0.25, -0.2) is 9.37 Å². The van der Waals surface area contributed by atoms with E-state index in [2.05, 4.69) is 10.3 Å². The molecule has 1 aliphatic rings. The largest absolute Gasteiger partial charge is 0.371 e. The number of imidazole rings is 1. The fraction of sp³-hybridized carbons (Fsp3) is 0.222. The maximum absolute atomic E-state index is 13.4. The summed E-state index contributed by atoms with van der Waals surface area (Å²) in [7, 11) is 0. The van der Waals surface area contributed by atoms with Gasteiger partial charge in [-0.3, -0.25) is 4.79 Å². The highest BCUT2D eigenvalue weighted by Crippen LogP contribution is 2.26. The minimum absolute atomic E-state index is 0.0723. The van der Waals surface area contributed by atoms with E-state index < -0.39 is 0 Å². The van der Waals surface area contributed by atoms with Gasteiger partial charge in [0.15, 0.2) is 0 Å². The van der Waals surface area contributed by atoms with E-state index in [1.165, 1.54) is 12.1 Å². The van der Waals surface area contributed by atoms with Crippen molar-refractivity contribution in [3.8, 4) is 0 Å². The molecular weight excluding hydrogens is 309 g/mol. The molecule has 2 aromatic carbocycles. The van der Waals surface area contributed by atoms with Crippen molar-refractivity contribution in [3.05, 3.63) is 65.7 Å². The lowest BCUT2D eigenvalue weighted by Gasteiger charge is -2.26. The van der Waals surface area contributed by atoms with Crippen molar-refractivity contribution in [1.82, 2.24) is 14.9 Å². The Kier molecular flexibility index (Phi) is 3.74. The third-order valence-electron chi connectivity index (χ3n) is 4.17. The zero-order valence-corrected chi connectivity index (χ0v) is 12.9. The molecule has 0 spiro atoms. The van der Waals surface area contributed by atoms with Crippen LogP contribution in [0.3, 0.4) is 0 Å². The molecule has 24 heavy (non-hydrogen) atoms. The van der Waals surface area contributed by atoms with E-state index in [0.29, 0.717) is 30.8 Å². The quantitative estimate of drug-likeness (QED) is 0.805. The topological polar surface area (TPSA) is 56.1 Å². The Hall–Kier alpha value is -2.73. The predicted octanol–water partition coefficient (Wildman–Crippen LogP) is 2.68. The Bertz CT molecular complexity index is 892. The molecule has 1 unspecified atom stereocenters. The van der Waals surface area contributed by atoms with E-state index in [1.54, 1.807) is 18.2 Å². The molecule has 4 rings (SSSR count). The monoisotopic (exact) mass is 325 g/mol. The zero-order valence-electron chi connectivity index (χ0n) is 12.9. The maximum atomic E-state index is 13.4. The highest BCUT2D eigenvalue weighted by Gasteiger charge is 2.24. The molecule has 122 valence electrons. The fourth-order valence-electron chi connectivity index (χ4n) is 3.04. The fourth-order valence-corrected chi connectivity index (χ4v) is 3.04. The molecule has 0 saturated carbocycles. The van der Waals surface area contributed by atoms with Gasteiger partial charge in [-0.05, 0) is 24.3 Å². The van der Waals surface area contributed by atoms with Crippen LogP contribution in [-0.4, -0.2) is 28.6 Å². The molecule has 1 atom stereocenters. The average molecular weight is 325 g/mol. The summed E-state index contributed by atoms with van der Waals surface area (Å²) in [5.41, 5.74) is 2.08. The van der Waals surface area contributed by atoms with Gasteiger partial charge in [0.25, 0.3) is 5.91 Å². The summed E-state index contributed by atoms with van der Waals surface area (Å²) in [6.07, 6.45) is 0. The first-order valence-electron chi connectivity index (χ1n) is 7.80. The van der Waals surface area contributed by atoms with Gasteiger partial charge in [0, 0.05) is 18.2 Å². The Balaban J connectivity index is 1.58. The minimum atomic E-state index is -0.312. The third-order valence-corrected chi connectivity index (χ3v) is 4.17. The summed E-state index contributed by atoms with van der Waals surface area (Å²) in [4.78, 5) is 16.7. The first-order chi connectivity index (χ1) is 11.7. The molecule has 5 nitrogen and oxygen atoms in total. The van der Waals surface area contributed by atoms with Crippen LogP contribution in [0.5, 0.6) is 0 Å². The summed E-state index contributed by atoms with van der Waals surface area (Å²) in [5.74, 6) is 0.312. The molecule has 1 N–H and O–H groups in total. The number of rotatable bonds is 3. The number of hydrogen-bond acceptors (Lipinski definition) is 3. The van der Waals surface area contributed by atoms with E-state index >= 15 is 0 Å². The second-order valence-corrected chi connectivity index (χ2v) is 5.78. The molecule has 0 fully saturated rings. The lowest BCUT2D eigenvalue weighted by Crippen LogP contribution is -2.35. The SMILES string of the molecule is O=C(NCC1COCc2nc3cc(F)ccc3n21)c1ccccc1. The Morgan fingerprint density at radius 3 is 2.96 bits per heavy atom. The molecule has 1 aliphatic heterocycles. The Labute approximate surface area is 138 Å². The van der Waals surface area contributed by atoms with E-state index in [-0.39, 0.29) is 17.8 Å². The summed E-state index contributed by atoms with van der Waals surface area (Å²) >= 11 is 0. The molecule has 0 aliphatic carbocycles. The summed E-state index contributed by atoms with van der Waals surface area (Å²) < 4.78 is 21.0. The molecule has 2 heterocycles. The number of aromatic nitrogens is 2. The first kappa shape index (κ1) is 14.8. The van der Waals surface area contributed by atoms with Crippen LogP contribution in [0.25, 0.3) is 11.0 Å². The first-order valence-corrected chi connectivity index (χ1v) is 7.80. The molecule has 1 amide bonds. The average Bonchev–Trinajstić information content (AvgIpc) is 2.98. The van der Waals surface area contributed by atoms with Gasteiger partial charge in [-0.2, -0.15) is 0 Å². The highest BCUT2D eigenvalue weighted by atomic mass is 19.1. The number of nitrogens with one attached hydrogen (secondary N) is 1. The van der Waals surface area contributed by atoms with Gasteiger partial charge in [0.2, 0.25) is 0 Å². The predicted molar refractivity (Wildman–Crippen MR) is 87.2 cm³/mol. The summed E-state index contributed by atoms with van der Waals surface area (Å²) in [5, 5.41) is 2.93. The van der Waals surface area contributed by atoms with E-state index in [4.69, 9.17) is 4.74 Å². The number of hydrogen-bond donors (Lipinski definition) is 1. The summed E-state index contributed by atoms with van der Waals surface area (Å²) in [6, 6.07) is 13.6. The Morgan fingerprint density at radius 2 is 2.12 bits per heavy atom. The normalized spacial score (nSPS) is 16.8. The van der Waals surface area contributed by atoms with Crippen molar-refractivity contribution in [2.45, 2.75) is 12.6 Å². The molecule has 0 bridgehead atoms. The van der Waals surface area contributed by atoms with Crippen LogP contribution in [0, 0.1) is 5.82 Å². The second-order valence-electron chi connectivity index (χ2n) is 5.78. The maximum Gasteiger partial charge on any atom is 0.251 e. The van der Waals surface area contributed by atoms with Crippen LogP contribution in [0.2, 0.25) is 0 Å². The zero-order chi connectivity index (χ0) is 16.5. The van der Waals surface area contributed by atoms with Crippen LogP contribution in [-0.2, 0) is 11.3 Å². The smallest absolute Gasteiger partial charge is 0.251 e. The van der Waals surface area contributed by atoms with Crippen molar-refractivity contribution in [1.29, 1.82) is 0 Å². The number of fused-ring (bicyclic) bond motifs is 3. The van der Waals surface area contributed by atoms with Gasteiger partial charge in [-0.1, -0.05) is 18.2 Å². The van der Waals surface area contributed by atoms with Crippen LogP contribution in [0.1, 0.15) is 22.2 Å². The molecule has 6 heteroatoms. The highest BCUT2D eigenvalue weighted by molar-refractivity contribution is 5.94. The second kappa shape index (κ2) is 6.05. The van der Waals surface area contributed by atoms with Crippen LogP contribution in [0.4, 0.5) is 4.39 Å². The third kappa shape index (κ3) is 2.65. The van der Waals surface area contributed by atoms with Crippen LogP contribution >= 0.6 is 0 Å². The van der Waals surface area contributed by atoms with Crippen LogP contribution in [0.15, 0.2) is 48.5 Å². The van der Waals surface area contributed by atoms with Crippen molar-refractivity contribution >= 4 is 16.9 Å². The number of benzene rings is 2. The van der Waals surface area contributed by atoms with Crippen molar-refractivity contribution < 1.29 is 13.9 Å². The molecule has 3 aromatic rings. The minimum Gasteiger partial charge on any atom is -0.371 e. The van der Waals surface area contributed by atoms with Gasteiger partial charge in [0.1, 0.15) is 18.2 Å². The molecule has 1 aromatic heterocycles. The standard InChI is InChI=1S/C18H16FN3O2/c19-13-6-7-16-15(8-13)21-17-11-24-10-14(22(16)17)9-20-18(23)12-4-2-1-3-5-12/h1-8,14H,9-11H2,(H,20,23). The van der Waals surface area contributed by atoms with Crippen molar-refractivity contribution in [2.24, 2.45) is 0 Å². The van der Waals surface area contributed by atoms with Crippen LogP contribution < -0.4 is 5.32 Å². The number of amides is 1. The van der Waals surface area contributed by atoms with E-state index in [1.807, 2.05) is 22.8 Å².